The summed E-state index contributed by atoms with van der Waals surface area (Å²) in [5.41, 5.74) is 8.00. The molecule has 3 rings (SSSR count). The van der Waals surface area contributed by atoms with E-state index in [0.717, 1.165) is 24.5 Å². The third-order valence-corrected chi connectivity index (χ3v) is 4.00. The van der Waals surface area contributed by atoms with Crippen molar-refractivity contribution in [2.24, 2.45) is 5.92 Å². The Morgan fingerprint density at radius 1 is 1.41 bits per heavy atom. The fourth-order valence-electron chi connectivity index (χ4n) is 2.85. The largest absolute Gasteiger partial charge is 0.393 e. The molecule has 3 heterocycles. The number of hydrogen-bond donors (Lipinski definition) is 2. The lowest BCUT2D eigenvalue weighted by Gasteiger charge is -2.32. The van der Waals surface area contributed by atoms with Crippen molar-refractivity contribution in [1.29, 1.82) is 0 Å². The van der Waals surface area contributed by atoms with E-state index in [1.807, 2.05) is 18.3 Å². The molecule has 0 amide bonds. The molecule has 116 valence electrons. The Morgan fingerprint density at radius 3 is 3.09 bits per heavy atom. The van der Waals surface area contributed by atoms with Crippen LogP contribution in [0.25, 0.3) is 0 Å². The van der Waals surface area contributed by atoms with Gasteiger partial charge in [-0.25, -0.2) is 9.97 Å². The fraction of sp³-hybridized carbons (Fsp3) is 0.438. The van der Waals surface area contributed by atoms with Crippen LogP contribution in [0.4, 0.5) is 17.3 Å². The van der Waals surface area contributed by atoms with Crippen LogP contribution in [-0.4, -0.2) is 28.0 Å². The predicted molar refractivity (Wildman–Crippen MR) is 88.6 cm³/mol. The van der Waals surface area contributed by atoms with Gasteiger partial charge in [0.05, 0.1) is 0 Å². The number of hydrogen-bond acceptors (Lipinski definition) is 6. The molecule has 0 saturated carbocycles. The summed E-state index contributed by atoms with van der Waals surface area (Å²) in [6, 6.07) is 3.94. The van der Waals surface area contributed by atoms with E-state index in [2.05, 4.69) is 32.1 Å². The molecule has 6 heteroatoms. The van der Waals surface area contributed by atoms with Gasteiger partial charge in [0.15, 0.2) is 11.6 Å². The summed E-state index contributed by atoms with van der Waals surface area (Å²) in [7, 11) is 0. The summed E-state index contributed by atoms with van der Waals surface area (Å²) in [6.45, 7) is 4.92. The van der Waals surface area contributed by atoms with Gasteiger partial charge < -0.3 is 16.0 Å². The summed E-state index contributed by atoms with van der Waals surface area (Å²) in [5, 5.41) is 3.28. The molecular weight excluding hydrogens is 276 g/mol. The number of pyridine rings is 1. The highest BCUT2D eigenvalue weighted by molar-refractivity contribution is 5.75. The zero-order valence-electron chi connectivity index (χ0n) is 12.9. The molecule has 0 bridgehead atoms. The third kappa shape index (κ3) is 3.27. The van der Waals surface area contributed by atoms with Crippen LogP contribution >= 0.6 is 0 Å². The summed E-state index contributed by atoms with van der Waals surface area (Å²) < 4.78 is 0. The average Bonchev–Trinajstić information content (AvgIpc) is 2.55. The highest BCUT2D eigenvalue weighted by Crippen LogP contribution is 2.29. The van der Waals surface area contributed by atoms with Gasteiger partial charge >= 0.3 is 0 Å². The molecule has 1 unspecified atom stereocenters. The number of nitrogen functional groups attached to an aromatic ring is 1. The molecule has 2 aromatic heterocycles. The van der Waals surface area contributed by atoms with E-state index >= 15 is 0 Å². The van der Waals surface area contributed by atoms with E-state index in [4.69, 9.17) is 5.73 Å². The molecular formula is C16H22N6. The van der Waals surface area contributed by atoms with Crippen LogP contribution in [0.5, 0.6) is 0 Å². The first-order valence-corrected chi connectivity index (χ1v) is 7.72. The molecule has 1 aliphatic rings. The van der Waals surface area contributed by atoms with E-state index in [-0.39, 0.29) is 0 Å². The van der Waals surface area contributed by atoms with Crippen LogP contribution in [0.2, 0.25) is 0 Å². The van der Waals surface area contributed by atoms with Crippen LogP contribution in [0.15, 0.2) is 30.9 Å². The summed E-state index contributed by atoms with van der Waals surface area (Å²) in [5.74, 6) is 2.21. The molecule has 22 heavy (non-hydrogen) atoms. The van der Waals surface area contributed by atoms with Crippen molar-refractivity contribution in [3.8, 4) is 0 Å². The number of nitrogens with one attached hydrogen (secondary N) is 1. The number of nitrogens with two attached hydrogens (primary N) is 1. The van der Waals surface area contributed by atoms with Crippen molar-refractivity contribution in [3.05, 3.63) is 36.4 Å². The fourth-order valence-corrected chi connectivity index (χ4v) is 2.85. The minimum absolute atomic E-state index is 0.625. The minimum atomic E-state index is 0.625. The molecule has 6 nitrogen and oxygen atoms in total. The number of rotatable bonds is 4. The maximum Gasteiger partial charge on any atom is 0.157 e. The Kier molecular flexibility index (Phi) is 4.37. The van der Waals surface area contributed by atoms with Gasteiger partial charge in [-0.3, -0.25) is 4.98 Å². The Labute approximate surface area is 130 Å². The van der Waals surface area contributed by atoms with Crippen molar-refractivity contribution in [3.63, 3.8) is 0 Å². The van der Waals surface area contributed by atoms with Gasteiger partial charge in [-0.05, 0) is 30.4 Å². The van der Waals surface area contributed by atoms with Crippen LogP contribution in [0, 0.1) is 5.92 Å². The van der Waals surface area contributed by atoms with E-state index in [9.17, 15) is 0 Å². The van der Waals surface area contributed by atoms with E-state index in [0.29, 0.717) is 24.0 Å². The van der Waals surface area contributed by atoms with Crippen molar-refractivity contribution in [2.45, 2.75) is 26.3 Å². The van der Waals surface area contributed by atoms with Gasteiger partial charge in [-0.15, -0.1) is 0 Å². The van der Waals surface area contributed by atoms with Crippen molar-refractivity contribution in [1.82, 2.24) is 15.0 Å². The van der Waals surface area contributed by atoms with Crippen molar-refractivity contribution in [2.75, 3.05) is 29.0 Å². The standard InChI is InChI=1S/C16H22N6/c1-12-4-3-7-22(10-12)16-14(17)15(20-11-21-16)19-9-13-5-2-6-18-8-13/h2,5-6,8,11-12H,3-4,7,9-10,17H2,1H3,(H,19,20,21). The molecule has 0 aliphatic carbocycles. The van der Waals surface area contributed by atoms with Gasteiger partial charge in [-0.2, -0.15) is 0 Å². The number of anilines is 3. The van der Waals surface area contributed by atoms with Crippen molar-refractivity contribution >= 4 is 17.3 Å². The van der Waals surface area contributed by atoms with Crippen LogP contribution in [-0.2, 0) is 6.54 Å². The maximum atomic E-state index is 6.28. The molecule has 1 saturated heterocycles. The van der Waals surface area contributed by atoms with Gasteiger partial charge in [0.25, 0.3) is 0 Å². The van der Waals surface area contributed by atoms with Crippen LogP contribution in [0.1, 0.15) is 25.3 Å². The molecule has 1 fully saturated rings. The molecule has 1 aliphatic heterocycles. The molecule has 1 atom stereocenters. The molecule has 2 aromatic rings. The van der Waals surface area contributed by atoms with Crippen LogP contribution in [0.3, 0.4) is 0 Å². The normalized spacial score (nSPS) is 18.2. The second kappa shape index (κ2) is 6.60. The number of piperidine rings is 1. The smallest absolute Gasteiger partial charge is 0.157 e. The summed E-state index contributed by atoms with van der Waals surface area (Å²) in [4.78, 5) is 15.0. The third-order valence-electron chi connectivity index (χ3n) is 4.00. The lowest BCUT2D eigenvalue weighted by Crippen LogP contribution is -2.35. The Hall–Kier alpha value is -2.37. The first-order chi connectivity index (χ1) is 10.7. The summed E-state index contributed by atoms with van der Waals surface area (Å²) >= 11 is 0. The van der Waals surface area contributed by atoms with E-state index in [1.54, 1.807) is 12.5 Å². The van der Waals surface area contributed by atoms with Crippen LogP contribution < -0.4 is 16.0 Å². The SMILES string of the molecule is CC1CCCN(c2ncnc(NCc3cccnc3)c2N)C1. The minimum Gasteiger partial charge on any atom is -0.393 e. The number of nitrogens with zero attached hydrogens (tertiary/aromatic N) is 4. The molecule has 0 aromatic carbocycles. The second-order valence-corrected chi connectivity index (χ2v) is 5.87. The lowest BCUT2D eigenvalue weighted by atomic mass is 10.0. The van der Waals surface area contributed by atoms with Crippen molar-refractivity contribution < 1.29 is 0 Å². The van der Waals surface area contributed by atoms with E-state index in [1.165, 1.54) is 12.8 Å². The zero-order chi connectivity index (χ0) is 15.4. The van der Waals surface area contributed by atoms with E-state index < -0.39 is 0 Å². The maximum absolute atomic E-state index is 6.28. The number of aromatic nitrogens is 3. The van der Waals surface area contributed by atoms with Gasteiger partial charge in [0, 0.05) is 32.0 Å². The average molecular weight is 298 g/mol. The first-order valence-electron chi connectivity index (χ1n) is 7.72. The van der Waals surface area contributed by atoms with Gasteiger partial charge in [0.1, 0.15) is 12.0 Å². The second-order valence-electron chi connectivity index (χ2n) is 5.87. The highest BCUT2D eigenvalue weighted by Gasteiger charge is 2.20. The molecule has 3 N–H and O–H groups in total. The van der Waals surface area contributed by atoms with Gasteiger partial charge in [0.2, 0.25) is 0 Å². The predicted octanol–water partition coefficient (Wildman–Crippen LogP) is 2.30. The summed E-state index contributed by atoms with van der Waals surface area (Å²) in [6.07, 6.45) is 7.63. The zero-order valence-corrected chi connectivity index (χ0v) is 12.9. The molecule has 0 radical (unpaired) electrons. The Balaban J connectivity index is 1.74. The van der Waals surface area contributed by atoms with Gasteiger partial charge in [-0.1, -0.05) is 13.0 Å². The molecule has 0 spiro atoms. The highest BCUT2D eigenvalue weighted by atomic mass is 15.2. The first kappa shape index (κ1) is 14.6. The quantitative estimate of drug-likeness (QED) is 0.901. The monoisotopic (exact) mass is 298 g/mol. The Morgan fingerprint density at radius 2 is 2.32 bits per heavy atom. The lowest BCUT2D eigenvalue weighted by molar-refractivity contribution is 0.445. The topological polar surface area (TPSA) is 80.0 Å². The Bertz CT molecular complexity index is 615.